The molecule has 4 unspecified atom stereocenters. The van der Waals surface area contributed by atoms with Crippen LogP contribution in [0.15, 0.2) is 30.3 Å². The second-order valence-electron chi connectivity index (χ2n) is 6.71. The molecule has 0 saturated carbocycles. The summed E-state index contributed by atoms with van der Waals surface area (Å²) in [7, 11) is 0. The van der Waals surface area contributed by atoms with Gasteiger partial charge < -0.3 is 32.3 Å². The molecule has 0 aliphatic rings. The average Bonchev–Trinajstić information content (AvgIpc) is 2.65. The summed E-state index contributed by atoms with van der Waals surface area (Å²) < 4.78 is 0. The minimum absolute atomic E-state index is 0.0704. The number of unbranched alkanes of at least 4 members (excludes halogenated alkanes) is 1. The van der Waals surface area contributed by atoms with Crippen LogP contribution in [0.5, 0.6) is 0 Å². The van der Waals surface area contributed by atoms with E-state index in [1.165, 1.54) is 6.92 Å². The Morgan fingerprint density at radius 3 is 2.25 bits per heavy atom. The molecule has 4 atom stereocenters. The Balaban J connectivity index is 2.73. The van der Waals surface area contributed by atoms with Gasteiger partial charge in [0, 0.05) is 6.42 Å². The fraction of sp³-hybridized carbons (Fsp3) is 0.526. The third kappa shape index (κ3) is 8.03. The van der Waals surface area contributed by atoms with E-state index in [4.69, 9.17) is 11.5 Å². The molecule has 0 saturated heterocycles. The van der Waals surface area contributed by atoms with Gasteiger partial charge in [0.05, 0.1) is 12.1 Å². The molecule has 156 valence electrons. The highest BCUT2D eigenvalue weighted by Crippen LogP contribution is 2.05. The van der Waals surface area contributed by atoms with Crippen molar-refractivity contribution in [1.82, 2.24) is 10.6 Å². The van der Waals surface area contributed by atoms with Gasteiger partial charge >= 0.3 is 5.97 Å². The summed E-state index contributed by atoms with van der Waals surface area (Å²) in [5.41, 5.74) is 11.9. The number of carboxylic acids is 1. The van der Waals surface area contributed by atoms with Crippen LogP contribution < -0.4 is 22.1 Å². The van der Waals surface area contributed by atoms with Crippen molar-refractivity contribution in [3.63, 3.8) is 0 Å². The number of aliphatic carboxylic acids is 1. The molecule has 0 aliphatic carbocycles. The van der Waals surface area contributed by atoms with E-state index in [1.54, 1.807) is 30.3 Å². The van der Waals surface area contributed by atoms with Crippen molar-refractivity contribution in [3.8, 4) is 0 Å². The normalized spacial score (nSPS) is 15.1. The molecule has 1 aromatic rings. The lowest BCUT2D eigenvalue weighted by molar-refractivity contribution is -0.142. The zero-order valence-corrected chi connectivity index (χ0v) is 16.0. The first-order valence-corrected chi connectivity index (χ1v) is 9.27. The molecule has 0 aromatic heterocycles. The number of carbonyl (C=O) groups excluding carboxylic acids is 2. The van der Waals surface area contributed by atoms with Gasteiger partial charge in [-0.15, -0.1) is 0 Å². The third-order valence-electron chi connectivity index (χ3n) is 4.27. The van der Waals surface area contributed by atoms with Crippen LogP contribution in [0.4, 0.5) is 0 Å². The van der Waals surface area contributed by atoms with Crippen molar-refractivity contribution in [2.24, 2.45) is 11.5 Å². The van der Waals surface area contributed by atoms with E-state index in [-0.39, 0.29) is 6.42 Å². The van der Waals surface area contributed by atoms with Gasteiger partial charge in [0.25, 0.3) is 0 Å². The molecule has 0 bridgehead atoms. The number of amides is 2. The van der Waals surface area contributed by atoms with Crippen molar-refractivity contribution in [2.75, 3.05) is 6.54 Å². The lowest BCUT2D eigenvalue weighted by Crippen LogP contribution is -2.58. The van der Waals surface area contributed by atoms with Gasteiger partial charge in [-0.05, 0) is 31.9 Å². The minimum atomic E-state index is -1.31. The summed E-state index contributed by atoms with van der Waals surface area (Å²) in [5.74, 6) is -2.60. The van der Waals surface area contributed by atoms with Gasteiger partial charge in [-0.25, -0.2) is 4.79 Å². The van der Waals surface area contributed by atoms with Crippen molar-refractivity contribution >= 4 is 17.8 Å². The smallest absolute Gasteiger partial charge is 0.326 e. The van der Waals surface area contributed by atoms with Crippen molar-refractivity contribution < 1.29 is 24.6 Å². The summed E-state index contributed by atoms with van der Waals surface area (Å²) in [5, 5.41) is 24.1. The number of nitrogens with two attached hydrogens (primary N) is 2. The topological polar surface area (TPSA) is 168 Å². The van der Waals surface area contributed by atoms with Gasteiger partial charge in [0.1, 0.15) is 12.1 Å². The molecular formula is C19H30N4O5. The minimum Gasteiger partial charge on any atom is -0.480 e. The zero-order valence-electron chi connectivity index (χ0n) is 16.0. The first-order valence-electron chi connectivity index (χ1n) is 9.27. The number of hydrogen-bond acceptors (Lipinski definition) is 6. The largest absolute Gasteiger partial charge is 0.480 e. The highest BCUT2D eigenvalue weighted by atomic mass is 16.4. The van der Waals surface area contributed by atoms with Crippen LogP contribution in [-0.2, 0) is 20.8 Å². The summed E-state index contributed by atoms with van der Waals surface area (Å²) in [4.78, 5) is 36.2. The molecular weight excluding hydrogens is 364 g/mol. The first kappa shape index (κ1) is 23.5. The maximum absolute atomic E-state index is 12.5. The number of aliphatic hydroxyl groups excluding tert-OH is 1. The van der Waals surface area contributed by atoms with Gasteiger partial charge in [-0.1, -0.05) is 36.8 Å². The van der Waals surface area contributed by atoms with E-state index >= 15 is 0 Å². The summed E-state index contributed by atoms with van der Waals surface area (Å²) in [6, 6.07) is 5.46. The monoisotopic (exact) mass is 394 g/mol. The molecule has 1 rings (SSSR count). The predicted octanol–water partition coefficient (Wildman–Crippen LogP) is -0.880. The maximum atomic E-state index is 12.5. The van der Waals surface area contributed by atoms with Crippen LogP contribution in [0.25, 0.3) is 0 Å². The van der Waals surface area contributed by atoms with E-state index in [2.05, 4.69) is 10.6 Å². The Labute approximate surface area is 164 Å². The molecule has 9 nitrogen and oxygen atoms in total. The van der Waals surface area contributed by atoms with Crippen LogP contribution in [0, 0.1) is 0 Å². The summed E-state index contributed by atoms with van der Waals surface area (Å²) in [6.45, 7) is 1.82. The third-order valence-corrected chi connectivity index (χ3v) is 4.27. The second-order valence-corrected chi connectivity index (χ2v) is 6.71. The van der Waals surface area contributed by atoms with Gasteiger partial charge in [0.2, 0.25) is 11.8 Å². The van der Waals surface area contributed by atoms with Crippen molar-refractivity contribution in [2.45, 2.75) is 56.8 Å². The maximum Gasteiger partial charge on any atom is 0.326 e. The Bertz CT molecular complexity index is 638. The number of hydrogen-bond donors (Lipinski definition) is 6. The number of aliphatic hydroxyl groups is 1. The fourth-order valence-corrected chi connectivity index (χ4v) is 2.62. The van der Waals surface area contributed by atoms with E-state index in [9.17, 15) is 24.6 Å². The average molecular weight is 394 g/mol. The number of nitrogens with one attached hydrogen (secondary N) is 2. The predicted molar refractivity (Wildman–Crippen MR) is 104 cm³/mol. The number of benzene rings is 1. The second kappa shape index (κ2) is 12.1. The molecule has 0 spiro atoms. The summed E-state index contributed by atoms with van der Waals surface area (Å²) >= 11 is 0. The molecule has 8 N–H and O–H groups in total. The molecule has 0 aliphatic heterocycles. The quantitative estimate of drug-likeness (QED) is 0.250. The molecule has 9 heteroatoms. The van der Waals surface area contributed by atoms with Gasteiger partial charge in [0.15, 0.2) is 0 Å². The molecule has 2 amide bonds. The standard InChI is InChI=1S/C19H30N4O5/c1-12(24)16(23-17(25)14(21)9-5-6-10-20)18(26)22-15(19(27)28)11-13-7-3-2-4-8-13/h2-4,7-8,12,14-16,24H,5-6,9-11,20-21H2,1H3,(H,22,26)(H,23,25)(H,27,28). The zero-order chi connectivity index (χ0) is 21.1. The molecule has 0 fully saturated rings. The molecule has 0 heterocycles. The SMILES string of the molecule is CC(O)C(NC(=O)C(N)CCCCN)C(=O)NC(Cc1ccccc1)C(=O)O. The Morgan fingerprint density at radius 2 is 1.71 bits per heavy atom. The van der Waals surface area contributed by atoms with E-state index in [0.29, 0.717) is 19.4 Å². The molecule has 1 aromatic carbocycles. The lowest BCUT2D eigenvalue weighted by atomic mass is 10.0. The number of carbonyl (C=O) groups is 3. The van der Waals surface area contributed by atoms with Crippen molar-refractivity contribution in [1.29, 1.82) is 0 Å². The van der Waals surface area contributed by atoms with Crippen LogP contribution in [0.2, 0.25) is 0 Å². The Kier molecular flexibility index (Phi) is 10.1. The Hall–Kier alpha value is -2.49. The molecule has 28 heavy (non-hydrogen) atoms. The first-order chi connectivity index (χ1) is 13.3. The van der Waals surface area contributed by atoms with Crippen LogP contribution >= 0.6 is 0 Å². The molecule has 0 radical (unpaired) electrons. The number of rotatable bonds is 12. The van der Waals surface area contributed by atoms with E-state index < -0.39 is 42.0 Å². The highest BCUT2D eigenvalue weighted by Gasteiger charge is 2.30. The van der Waals surface area contributed by atoms with Crippen molar-refractivity contribution in [3.05, 3.63) is 35.9 Å². The summed E-state index contributed by atoms with van der Waals surface area (Å²) in [6.07, 6.45) is 0.617. The van der Waals surface area contributed by atoms with Crippen LogP contribution in [0.1, 0.15) is 31.7 Å². The highest BCUT2D eigenvalue weighted by molar-refractivity contribution is 5.92. The van der Waals surface area contributed by atoms with E-state index in [0.717, 1.165) is 12.0 Å². The Morgan fingerprint density at radius 1 is 1.07 bits per heavy atom. The number of carboxylic acid groups (broad SMARTS) is 1. The van der Waals surface area contributed by atoms with Gasteiger partial charge in [-0.2, -0.15) is 0 Å². The van der Waals surface area contributed by atoms with Gasteiger partial charge in [-0.3, -0.25) is 9.59 Å². The van der Waals surface area contributed by atoms with E-state index in [1.807, 2.05) is 0 Å². The fourth-order valence-electron chi connectivity index (χ4n) is 2.62. The van der Waals surface area contributed by atoms with Crippen LogP contribution in [-0.4, -0.2) is 58.8 Å². The lowest BCUT2D eigenvalue weighted by Gasteiger charge is -2.24. The van der Waals surface area contributed by atoms with Crippen LogP contribution in [0.3, 0.4) is 0 Å².